The molecule has 0 bridgehead atoms. The molecule has 210 valence electrons. The molecule has 0 amide bonds. The van der Waals surface area contributed by atoms with Crippen molar-refractivity contribution in [2.45, 2.75) is 69.4 Å². The van der Waals surface area contributed by atoms with Gasteiger partial charge in [0.2, 0.25) is 11.9 Å². The molecule has 2 aromatic carbocycles. The Morgan fingerprint density at radius 2 is 1.76 bits per heavy atom. The smallest absolute Gasteiger partial charge is 0.248 e. The van der Waals surface area contributed by atoms with Gasteiger partial charge in [-0.1, -0.05) is 30.3 Å². The van der Waals surface area contributed by atoms with E-state index in [9.17, 15) is 0 Å². The van der Waals surface area contributed by atoms with Crippen molar-refractivity contribution >= 4 is 17.6 Å². The van der Waals surface area contributed by atoms with Crippen LogP contribution in [0.2, 0.25) is 0 Å². The van der Waals surface area contributed by atoms with Gasteiger partial charge in [-0.25, -0.2) is 0 Å². The zero-order valence-electron chi connectivity index (χ0n) is 23.4. The molecule has 1 unspecified atom stereocenters. The molecule has 9 nitrogen and oxygen atoms in total. The van der Waals surface area contributed by atoms with Gasteiger partial charge in [0.05, 0.1) is 17.9 Å². The monoisotopic (exact) mass is 548 g/mol. The average Bonchev–Trinajstić information content (AvgIpc) is 3.45. The Morgan fingerprint density at radius 1 is 0.902 bits per heavy atom. The largest absolute Gasteiger partial charge is 0.373 e. The summed E-state index contributed by atoms with van der Waals surface area (Å²) < 4.78 is 7.54. The van der Waals surface area contributed by atoms with Crippen LogP contribution < -0.4 is 11.1 Å². The molecule has 41 heavy (non-hydrogen) atoms. The van der Waals surface area contributed by atoms with E-state index in [0.29, 0.717) is 17.8 Å². The first kappa shape index (κ1) is 24.9. The van der Waals surface area contributed by atoms with E-state index in [-0.39, 0.29) is 11.5 Å². The summed E-state index contributed by atoms with van der Waals surface area (Å²) in [6.07, 6.45) is 10.1. The number of nitrogens with two attached hydrogens (primary N) is 1. The molecule has 8 rings (SSSR count). The van der Waals surface area contributed by atoms with Gasteiger partial charge in [-0.15, -0.1) is 15.3 Å². The van der Waals surface area contributed by atoms with E-state index >= 15 is 0 Å². The minimum absolute atomic E-state index is 0.171. The molecular formula is C32H36N8O. The van der Waals surface area contributed by atoms with Crippen molar-refractivity contribution in [2.24, 2.45) is 0 Å². The fraction of sp³-hybridized carbons (Fsp3) is 0.438. The fourth-order valence-corrected chi connectivity index (χ4v) is 7.29. The Hall–Kier alpha value is -3.82. The minimum atomic E-state index is 0.171. The molecule has 4 aromatic rings. The Balaban J connectivity index is 0.984. The quantitative estimate of drug-likeness (QED) is 0.355. The SMILES string of the molecule is Nc1nc(Nc2ccc3c(c2)CCC(N2CC[C@@]4(CCO4)C2)CC3)nn1-c1cc2c(nn1)-c1ccccc1CCC2. The van der Waals surface area contributed by atoms with E-state index in [2.05, 4.69) is 79.0 Å². The second-order valence-corrected chi connectivity index (χ2v) is 12.1. The number of anilines is 3. The van der Waals surface area contributed by atoms with Gasteiger partial charge in [0.25, 0.3) is 0 Å². The average molecular weight is 549 g/mol. The maximum atomic E-state index is 6.32. The fourth-order valence-electron chi connectivity index (χ4n) is 7.29. The Bertz CT molecular complexity index is 1610. The Morgan fingerprint density at radius 3 is 2.61 bits per heavy atom. The highest BCUT2D eigenvalue weighted by Gasteiger charge is 2.45. The van der Waals surface area contributed by atoms with E-state index in [1.165, 1.54) is 54.5 Å². The van der Waals surface area contributed by atoms with E-state index in [1.807, 2.05) is 0 Å². The molecule has 2 saturated heterocycles. The Labute approximate surface area is 240 Å². The van der Waals surface area contributed by atoms with Gasteiger partial charge < -0.3 is 15.8 Å². The summed E-state index contributed by atoms with van der Waals surface area (Å²) in [5.74, 6) is 1.33. The highest BCUT2D eigenvalue weighted by molar-refractivity contribution is 5.68. The molecule has 4 heterocycles. The van der Waals surface area contributed by atoms with Crippen LogP contribution in [0.1, 0.15) is 54.4 Å². The zero-order chi connectivity index (χ0) is 27.4. The van der Waals surface area contributed by atoms with E-state index in [1.54, 1.807) is 4.68 Å². The number of hydrogen-bond acceptors (Lipinski definition) is 8. The van der Waals surface area contributed by atoms with Crippen LogP contribution in [0.3, 0.4) is 0 Å². The number of aromatic nitrogens is 5. The number of nitrogens with zero attached hydrogens (tertiary/aromatic N) is 6. The van der Waals surface area contributed by atoms with Crippen molar-refractivity contribution in [3.05, 3.63) is 70.8 Å². The molecule has 2 atom stereocenters. The second kappa shape index (κ2) is 9.92. The first-order valence-electron chi connectivity index (χ1n) is 15.1. The van der Waals surface area contributed by atoms with Gasteiger partial charge in [-0.2, -0.15) is 9.67 Å². The van der Waals surface area contributed by atoms with Crippen LogP contribution >= 0.6 is 0 Å². The summed E-state index contributed by atoms with van der Waals surface area (Å²) in [6.45, 7) is 3.22. The standard InChI is InChI=1S/C32H36N8O/c33-30-35-31(38-40(30)28-19-24-6-3-5-22-4-1-2-7-27(22)29(24)37-36-28)34-25-11-8-21-9-12-26(13-10-23(21)18-25)39-16-14-32(20-39)15-17-41-32/h1-2,4,7-8,11,18-19,26H,3,5-6,9-10,12-17,20H2,(H3,33,34,35,38)/t26?,32-/m1/s1. The highest BCUT2D eigenvalue weighted by Crippen LogP contribution is 2.38. The molecule has 9 heteroatoms. The van der Waals surface area contributed by atoms with E-state index in [4.69, 9.17) is 10.5 Å². The number of rotatable bonds is 4. The molecule has 1 spiro atoms. The molecule has 2 fully saturated rings. The lowest BCUT2D eigenvalue weighted by molar-refractivity contribution is -0.138. The van der Waals surface area contributed by atoms with Crippen molar-refractivity contribution in [2.75, 3.05) is 30.7 Å². The first-order chi connectivity index (χ1) is 20.1. The number of nitrogen functional groups attached to an aromatic ring is 1. The van der Waals surface area contributed by atoms with Crippen LogP contribution in [0.5, 0.6) is 0 Å². The van der Waals surface area contributed by atoms with Crippen molar-refractivity contribution in [3.8, 4) is 17.1 Å². The lowest BCUT2D eigenvalue weighted by Crippen LogP contribution is -2.47. The summed E-state index contributed by atoms with van der Waals surface area (Å²) in [5.41, 5.74) is 14.9. The van der Waals surface area contributed by atoms with E-state index in [0.717, 1.165) is 62.2 Å². The van der Waals surface area contributed by atoms with Gasteiger partial charge in [0.1, 0.15) is 0 Å². The maximum Gasteiger partial charge on any atom is 0.248 e. The third-order valence-electron chi connectivity index (χ3n) is 9.66. The predicted molar refractivity (Wildman–Crippen MR) is 158 cm³/mol. The second-order valence-electron chi connectivity index (χ2n) is 12.1. The summed E-state index contributed by atoms with van der Waals surface area (Å²) in [4.78, 5) is 7.19. The van der Waals surface area contributed by atoms with Gasteiger partial charge in [0, 0.05) is 36.8 Å². The summed E-state index contributed by atoms with van der Waals surface area (Å²) in [5, 5.41) is 17.2. The van der Waals surface area contributed by atoms with E-state index < -0.39 is 0 Å². The van der Waals surface area contributed by atoms with Crippen molar-refractivity contribution < 1.29 is 4.74 Å². The van der Waals surface area contributed by atoms with Crippen LogP contribution in [0.25, 0.3) is 17.1 Å². The third kappa shape index (κ3) is 4.57. The molecular weight excluding hydrogens is 512 g/mol. The van der Waals surface area contributed by atoms with Crippen molar-refractivity contribution in [1.29, 1.82) is 0 Å². The normalized spacial score (nSPS) is 23.7. The molecule has 3 N–H and O–H groups in total. The number of benzene rings is 2. The number of fused-ring (bicyclic) bond motifs is 4. The number of ether oxygens (including phenoxy) is 1. The van der Waals surface area contributed by atoms with Crippen LogP contribution in [-0.4, -0.2) is 61.2 Å². The van der Waals surface area contributed by atoms with Crippen LogP contribution in [-0.2, 0) is 30.4 Å². The highest BCUT2D eigenvalue weighted by atomic mass is 16.5. The van der Waals surface area contributed by atoms with Gasteiger partial charge in [0.15, 0.2) is 5.82 Å². The summed E-state index contributed by atoms with van der Waals surface area (Å²) >= 11 is 0. The zero-order valence-corrected chi connectivity index (χ0v) is 23.4. The number of aryl methyl sites for hydroxylation is 4. The summed E-state index contributed by atoms with van der Waals surface area (Å²) in [7, 11) is 0. The lowest BCUT2D eigenvalue weighted by atomic mass is 9.94. The number of nitrogens with one attached hydrogen (secondary N) is 1. The molecule has 2 aliphatic heterocycles. The lowest BCUT2D eigenvalue weighted by Gasteiger charge is -2.39. The Kier molecular flexibility index (Phi) is 6.03. The van der Waals surface area contributed by atoms with Crippen LogP contribution in [0.15, 0.2) is 48.5 Å². The van der Waals surface area contributed by atoms with Gasteiger partial charge in [-0.3, -0.25) is 4.90 Å². The first-order valence-corrected chi connectivity index (χ1v) is 15.1. The minimum Gasteiger partial charge on any atom is -0.373 e. The van der Waals surface area contributed by atoms with Crippen LogP contribution in [0.4, 0.5) is 17.6 Å². The molecule has 0 radical (unpaired) electrons. The molecule has 0 saturated carbocycles. The summed E-state index contributed by atoms with van der Waals surface area (Å²) in [6, 6.07) is 17.8. The topological polar surface area (TPSA) is 107 Å². The maximum absolute atomic E-state index is 6.32. The number of hydrogen-bond donors (Lipinski definition) is 2. The molecule has 2 aromatic heterocycles. The van der Waals surface area contributed by atoms with Gasteiger partial charge >= 0.3 is 0 Å². The molecule has 2 aliphatic carbocycles. The van der Waals surface area contributed by atoms with Crippen molar-refractivity contribution in [3.63, 3.8) is 0 Å². The van der Waals surface area contributed by atoms with Crippen molar-refractivity contribution in [1.82, 2.24) is 29.9 Å². The van der Waals surface area contributed by atoms with Crippen LogP contribution in [0, 0.1) is 0 Å². The number of likely N-dealkylation sites (tertiary alicyclic amines) is 1. The molecule has 4 aliphatic rings. The predicted octanol–water partition coefficient (Wildman–Crippen LogP) is 4.65. The van der Waals surface area contributed by atoms with Gasteiger partial charge in [-0.05, 0) is 91.8 Å². The third-order valence-corrected chi connectivity index (χ3v) is 9.66.